The summed E-state index contributed by atoms with van der Waals surface area (Å²) < 4.78 is 13.8. The molecule has 0 saturated carbocycles. The summed E-state index contributed by atoms with van der Waals surface area (Å²) in [6, 6.07) is 6.40. The maximum atomic E-state index is 9.50. The van der Waals surface area contributed by atoms with Crippen molar-refractivity contribution in [2.45, 2.75) is 43.5 Å². The first-order valence-electron chi connectivity index (χ1n) is 7.54. The van der Waals surface area contributed by atoms with Crippen LogP contribution in [0.1, 0.15) is 25.3 Å². The molecule has 3 unspecified atom stereocenters. The number of aliphatic hydroxyl groups excluding tert-OH is 1. The van der Waals surface area contributed by atoms with Crippen LogP contribution in [0.4, 0.5) is 0 Å². The van der Waals surface area contributed by atoms with Crippen molar-refractivity contribution in [3.63, 3.8) is 0 Å². The number of rotatable bonds is 3. The summed E-state index contributed by atoms with van der Waals surface area (Å²) in [5.74, 6) is 0. The third-order valence-corrected chi connectivity index (χ3v) is 5.78. The van der Waals surface area contributed by atoms with Crippen LogP contribution in [0.15, 0.2) is 18.2 Å². The zero-order valence-corrected chi connectivity index (χ0v) is 14.1. The molecule has 1 spiro atoms. The van der Waals surface area contributed by atoms with Gasteiger partial charge in [0.05, 0.1) is 40.7 Å². The molecular weight excluding hydrogens is 318 g/mol. The molecule has 2 aliphatic heterocycles. The Hall–Kier alpha value is -0.790. The van der Waals surface area contributed by atoms with Crippen LogP contribution in [0.25, 0.3) is 10.2 Å². The van der Waals surface area contributed by atoms with Crippen LogP contribution in [0, 0.1) is 3.95 Å². The third-order valence-electron chi connectivity index (χ3n) is 4.56. The van der Waals surface area contributed by atoms with E-state index in [1.54, 1.807) is 11.3 Å². The van der Waals surface area contributed by atoms with E-state index in [-0.39, 0.29) is 23.9 Å². The summed E-state index contributed by atoms with van der Waals surface area (Å²) in [6.07, 6.45) is 2.36. The molecule has 3 atom stereocenters. The summed E-state index contributed by atoms with van der Waals surface area (Å²) in [5.41, 5.74) is 1.94. The van der Waals surface area contributed by atoms with E-state index in [2.05, 4.69) is 30.1 Å². The van der Waals surface area contributed by atoms with Gasteiger partial charge in [-0.1, -0.05) is 6.07 Å². The van der Waals surface area contributed by atoms with E-state index in [0.717, 1.165) is 35.3 Å². The average molecular weight is 337 g/mol. The molecule has 1 aromatic carbocycles. The van der Waals surface area contributed by atoms with Crippen LogP contribution in [0.2, 0.25) is 0 Å². The fourth-order valence-electron chi connectivity index (χ4n) is 3.72. The standard InChI is InChI=1S/C16H19NO3S2/c1-15(8-16(9-19-16)6-11(7-18)20-15)5-10-2-3-13-12(4-10)17-14(21)22-13/h2-4,11,18H,5-9H2,1H3,(H,17,21). The number of fused-ring (bicyclic) bond motifs is 1. The highest BCUT2D eigenvalue weighted by atomic mass is 32.1. The van der Waals surface area contributed by atoms with E-state index >= 15 is 0 Å². The number of aromatic nitrogens is 1. The van der Waals surface area contributed by atoms with Crippen molar-refractivity contribution in [3.8, 4) is 0 Å². The highest BCUT2D eigenvalue weighted by Gasteiger charge is 2.55. The smallest absolute Gasteiger partial charge is 0.159 e. The van der Waals surface area contributed by atoms with Crippen LogP contribution < -0.4 is 0 Å². The monoisotopic (exact) mass is 337 g/mol. The van der Waals surface area contributed by atoms with Crippen molar-refractivity contribution < 1.29 is 14.6 Å². The lowest BCUT2D eigenvalue weighted by molar-refractivity contribution is -0.153. The Bertz CT molecular complexity index is 764. The van der Waals surface area contributed by atoms with Gasteiger partial charge in [0, 0.05) is 19.3 Å². The molecule has 2 aliphatic rings. The summed E-state index contributed by atoms with van der Waals surface area (Å²) >= 11 is 6.80. The van der Waals surface area contributed by atoms with Gasteiger partial charge in [-0.25, -0.2) is 0 Å². The normalized spacial score (nSPS) is 34.4. The zero-order chi connectivity index (χ0) is 15.4. The molecule has 2 fully saturated rings. The maximum absolute atomic E-state index is 9.50. The number of epoxide rings is 1. The van der Waals surface area contributed by atoms with Gasteiger partial charge in [-0.15, -0.1) is 11.3 Å². The molecule has 6 heteroatoms. The van der Waals surface area contributed by atoms with Gasteiger partial charge < -0.3 is 19.6 Å². The third kappa shape index (κ3) is 2.74. The second kappa shape index (κ2) is 5.11. The first kappa shape index (κ1) is 14.8. The fourth-order valence-corrected chi connectivity index (χ4v) is 4.82. The largest absolute Gasteiger partial charge is 0.394 e. The Morgan fingerprint density at radius 1 is 1.50 bits per heavy atom. The van der Waals surface area contributed by atoms with Crippen LogP contribution in [0.5, 0.6) is 0 Å². The van der Waals surface area contributed by atoms with Crippen LogP contribution in [-0.4, -0.2) is 40.6 Å². The predicted octanol–water partition coefficient (Wildman–Crippen LogP) is 3.20. The molecule has 3 heterocycles. The van der Waals surface area contributed by atoms with E-state index in [1.807, 2.05) is 0 Å². The van der Waals surface area contributed by atoms with Gasteiger partial charge in [0.15, 0.2) is 3.95 Å². The predicted molar refractivity (Wildman–Crippen MR) is 89.0 cm³/mol. The SMILES string of the molecule is CC1(Cc2ccc3sc(=S)[nH]c3c2)CC2(CO2)CC(CO)O1. The molecule has 118 valence electrons. The van der Waals surface area contributed by atoms with Gasteiger partial charge in [-0.2, -0.15) is 0 Å². The topological polar surface area (TPSA) is 57.8 Å². The number of ether oxygens (including phenoxy) is 2. The van der Waals surface area contributed by atoms with Crippen molar-refractivity contribution in [1.82, 2.24) is 4.98 Å². The van der Waals surface area contributed by atoms with Crippen LogP contribution >= 0.6 is 23.6 Å². The lowest BCUT2D eigenvalue weighted by Crippen LogP contribution is -2.48. The van der Waals surface area contributed by atoms with Gasteiger partial charge >= 0.3 is 0 Å². The number of hydrogen-bond donors (Lipinski definition) is 2. The molecule has 0 radical (unpaired) electrons. The number of thiazole rings is 1. The Balaban J connectivity index is 1.60. The number of H-pyrrole nitrogens is 1. The van der Waals surface area contributed by atoms with E-state index in [9.17, 15) is 5.11 Å². The lowest BCUT2D eigenvalue weighted by Gasteiger charge is -2.41. The maximum Gasteiger partial charge on any atom is 0.159 e. The molecule has 2 N–H and O–H groups in total. The summed E-state index contributed by atoms with van der Waals surface area (Å²) in [4.78, 5) is 3.22. The highest BCUT2D eigenvalue weighted by Crippen LogP contribution is 2.47. The Morgan fingerprint density at radius 3 is 3.05 bits per heavy atom. The minimum Gasteiger partial charge on any atom is -0.394 e. The van der Waals surface area contributed by atoms with E-state index < -0.39 is 0 Å². The van der Waals surface area contributed by atoms with Gasteiger partial charge in [-0.3, -0.25) is 0 Å². The number of hydrogen-bond acceptors (Lipinski definition) is 5. The van der Waals surface area contributed by atoms with Gasteiger partial charge in [0.2, 0.25) is 0 Å². The van der Waals surface area contributed by atoms with Gasteiger partial charge in [0.25, 0.3) is 0 Å². The van der Waals surface area contributed by atoms with Gasteiger partial charge in [0.1, 0.15) is 0 Å². The number of nitrogens with one attached hydrogen (secondary N) is 1. The molecular formula is C16H19NO3S2. The highest BCUT2D eigenvalue weighted by molar-refractivity contribution is 7.73. The van der Waals surface area contributed by atoms with E-state index in [4.69, 9.17) is 21.7 Å². The quantitative estimate of drug-likeness (QED) is 0.667. The number of aromatic amines is 1. The molecule has 4 nitrogen and oxygen atoms in total. The summed E-state index contributed by atoms with van der Waals surface area (Å²) in [7, 11) is 0. The second-order valence-electron chi connectivity index (χ2n) is 6.75. The Morgan fingerprint density at radius 2 is 2.32 bits per heavy atom. The molecule has 2 aromatic rings. The molecule has 0 aliphatic carbocycles. The number of aliphatic hydroxyl groups is 1. The molecule has 4 rings (SSSR count). The molecule has 0 bridgehead atoms. The first-order chi connectivity index (χ1) is 10.5. The van der Waals surface area contributed by atoms with Gasteiger partial charge in [-0.05, 0) is 36.8 Å². The molecule has 1 aromatic heterocycles. The summed E-state index contributed by atoms with van der Waals surface area (Å²) in [6.45, 7) is 2.97. The minimum atomic E-state index is -0.303. The van der Waals surface area contributed by atoms with Crippen molar-refractivity contribution in [2.75, 3.05) is 13.2 Å². The number of benzene rings is 1. The van der Waals surface area contributed by atoms with E-state index in [0.29, 0.717) is 0 Å². The van der Waals surface area contributed by atoms with Crippen LogP contribution in [-0.2, 0) is 15.9 Å². The molecule has 2 saturated heterocycles. The Labute approximate surface area is 138 Å². The average Bonchev–Trinajstić information content (AvgIpc) is 3.07. The second-order valence-corrected chi connectivity index (χ2v) is 8.47. The van der Waals surface area contributed by atoms with Crippen molar-refractivity contribution in [2.24, 2.45) is 0 Å². The van der Waals surface area contributed by atoms with Crippen LogP contribution in [0.3, 0.4) is 0 Å². The Kier molecular flexibility index (Phi) is 3.43. The molecule has 22 heavy (non-hydrogen) atoms. The van der Waals surface area contributed by atoms with Crippen molar-refractivity contribution in [1.29, 1.82) is 0 Å². The fraction of sp³-hybridized carbons (Fsp3) is 0.562. The first-order valence-corrected chi connectivity index (χ1v) is 8.76. The molecule has 0 amide bonds. The zero-order valence-electron chi connectivity index (χ0n) is 12.4. The van der Waals surface area contributed by atoms with Crippen molar-refractivity contribution >= 4 is 33.8 Å². The van der Waals surface area contributed by atoms with E-state index in [1.165, 1.54) is 10.3 Å². The minimum absolute atomic E-state index is 0.0529. The summed E-state index contributed by atoms with van der Waals surface area (Å²) in [5, 5.41) is 9.50. The van der Waals surface area contributed by atoms with Crippen molar-refractivity contribution in [3.05, 3.63) is 27.7 Å². The lowest BCUT2D eigenvalue weighted by atomic mass is 9.81.